The van der Waals surface area contributed by atoms with Crippen molar-refractivity contribution in [2.75, 3.05) is 14.1 Å². The van der Waals surface area contributed by atoms with Crippen molar-refractivity contribution in [3.05, 3.63) is 36.5 Å². The summed E-state index contributed by atoms with van der Waals surface area (Å²) in [5.74, 6) is 0. The van der Waals surface area contributed by atoms with Gasteiger partial charge in [0.2, 0.25) is 0 Å². The first-order valence-electron chi connectivity index (χ1n) is 5.20. The number of hydrogen-bond acceptors (Lipinski definition) is 4. The van der Waals surface area contributed by atoms with Gasteiger partial charge in [0.1, 0.15) is 4.90 Å². The Bertz CT molecular complexity index is 690. The molecule has 1 heterocycles. The predicted molar refractivity (Wildman–Crippen MR) is 67.5 cm³/mol. The molecule has 6 nitrogen and oxygen atoms in total. The van der Waals surface area contributed by atoms with Gasteiger partial charge in [-0.3, -0.25) is 9.99 Å². The highest BCUT2D eigenvalue weighted by Crippen LogP contribution is 2.22. The van der Waals surface area contributed by atoms with Crippen LogP contribution in [0.15, 0.2) is 51.2 Å². The Morgan fingerprint density at radius 1 is 1.17 bits per heavy atom. The Morgan fingerprint density at radius 2 is 1.89 bits per heavy atom. The normalized spacial score (nSPS) is 12.1. The van der Waals surface area contributed by atoms with E-state index in [0.29, 0.717) is 5.52 Å². The lowest BCUT2D eigenvalue weighted by Gasteiger charge is -2.04. The van der Waals surface area contributed by atoms with Gasteiger partial charge in [-0.05, 0) is 16.7 Å². The molecule has 18 heavy (non-hydrogen) atoms. The zero-order valence-corrected chi connectivity index (χ0v) is 10.8. The summed E-state index contributed by atoms with van der Waals surface area (Å²) >= 11 is 0. The molecule has 0 spiro atoms. The Hall–Kier alpha value is -2.02. The van der Waals surface area contributed by atoms with Crippen LogP contribution in [0.2, 0.25) is 0 Å². The summed E-state index contributed by atoms with van der Waals surface area (Å²) in [6.07, 6.45) is 1.55. The van der Waals surface area contributed by atoms with Crippen molar-refractivity contribution in [3.8, 4) is 0 Å². The minimum atomic E-state index is -3.83. The van der Waals surface area contributed by atoms with Crippen molar-refractivity contribution < 1.29 is 8.42 Å². The first kappa shape index (κ1) is 12.4. The summed E-state index contributed by atoms with van der Waals surface area (Å²) in [5.41, 5.74) is 0.401. The van der Waals surface area contributed by atoms with E-state index in [9.17, 15) is 8.42 Å². The van der Waals surface area contributed by atoms with Crippen LogP contribution in [-0.2, 0) is 10.0 Å². The maximum Gasteiger partial charge on any atom is 0.303 e. The van der Waals surface area contributed by atoms with Crippen molar-refractivity contribution in [1.82, 2.24) is 9.99 Å². The highest BCUT2D eigenvalue weighted by Gasteiger charge is 2.17. The molecule has 7 heteroatoms. The molecule has 0 aliphatic carbocycles. The van der Waals surface area contributed by atoms with Crippen molar-refractivity contribution >= 4 is 20.9 Å². The first-order chi connectivity index (χ1) is 8.50. The first-order valence-corrected chi connectivity index (χ1v) is 6.64. The topological polar surface area (TPSA) is 75.0 Å². The number of benzene rings is 1. The number of fused-ring (bicyclic) bond motifs is 1. The largest absolute Gasteiger partial charge is 0.303 e. The number of para-hydroxylation sites is 1. The van der Waals surface area contributed by atoms with Gasteiger partial charge < -0.3 is 0 Å². The van der Waals surface area contributed by atoms with Gasteiger partial charge in [-0.15, -0.1) is 0 Å². The zero-order valence-electron chi connectivity index (χ0n) is 9.98. The van der Waals surface area contributed by atoms with Crippen LogP contribution in [0.1, 0.15) is 0 Å². The van der Waals surface area contributed by atoms with Crippen LogP contribution in [0.3, 0.4) is 0 Å². The smallest absolute Gasteiger partial charge is 0.284 e. The van der Waals surface area contributed by atoms with Gasteiger partial charge in [0.05, 0.1) is 5.52 Å². The molecule has 0 atom stereocenters. The van der Waals surface area contributed by atoms with E-state index in [4.69, 9.17) is 0 Å². The monoisotopic (exact) mass is 264 g/mol. The Balaban J connectivity index is 2.61. The lowest BCUT2D eigenvalue weighted by atomic mass is 10.2. The number of pyridine rings is 1. The second-order valence-electron chi connectivity index (χ2n) is 3.82. The molecule has 0 saturated heterocycles. The summed E-state index contributed by atoms with van der Waals surface area (Å²) in [7, 11) is -0.633. The van der Waals surface area contributed by atoms with Gasteiger partial charge in [-0.25, -0.2) is 0 Å². The van der Waals surface area contributed by atoms with E-state index in [2.05, 4.69) is 14.7 Å². The van der Waals surface area contributed by atoms with E-state index in [-0.39, 0.29) is 4.90 Å². The number of sulfonamides is 1. The molecule has 2 aromatic rings. The van der Waals surface area contributed by atoms with Gasteiger partial charge in [-0.1, -0.05) is 23.4 Å². The van der Waals surface area contributed by atoms with E-state index < -0.39 is 10.0 Å². The van der Waals surface area contributed by atoms with Crippen LogP contribution in [0, 0.1) is 0 Å². The molecule has 0 fully saturated rings. The minimum Gasteiger partial charge on any atom is -0.284 e. The Labute approximate surface area is 105 Å². The second-order valence-corrected chi connectivity index (χ2v) is 5.38. The SMILES string of the molecule is CN(C)/N=N/S(=O)(=O)c1cccc2cccnc12. The minimum absolute atomic E-state index is 0.0613. The number of nitrogens with zero attached hydrogens (tertiary/aromatic N) is 4. The average Bonchev–Trinajstić information content (AvgIpc) is 2.36. The molecule has 0 N–H and O–H groups in total. The third-order valence-corrected chi connectivity index (χ3v) is 3.37. The van der Waals surface area contributed by atoms with Crippen LogP contribution in [0.25, 0.3) is 10.9 Å². The Morgan fingerprint density at radius 3 is 2.61 bits per heavy atom. The zero-order chi connectivity index (χ0) is 13.2. The van der Waals surface area contributed by atoms with E-state index >= 15 is 0 Å². The van der Waals surface area contributed by atoms with E-state index in [0.717, 1.165) is 5.39 Å². The molecule has 0 aliphatic heterocycles. The fourth-order valence-electron chi connectivity index (χ4n) is 1.45. The molecular weight excluding hydrogens is 252 g/mol. The van der Waals surface area contributed by atoms with Gasteiger partial charge in [0.15, 0.2) is 0 Å². The molecule has 1 aromatic heterocycles. The second kappa shape index (κ2) is 4.69. The lowest BCUT2D eigenvalue weighted by molar-refractivity contribution is 0.410. The summed E-state index contributed by atoms with van der Waals surface area (Å²) in [6.45, 7) is 0. The van der Waals surface area contributed by atoms with Gasteiger partial charge >= 0.3 is 10.0 Å². The average molecular weight is 264 g/mol. The summed E-state index contributed by atoms with van der Waals surface area (Å²) in [5, 5.41) is 5.59. The van der Waals surface area contributed by atoms with Gasteiger partial charge in [0, 0.05) is 25.7 Å². The Kier molecular flexibility index (Phi) is 3.24. The summed E-state index contributed by atoms with van der Waals surface area (Å²) < 4.78 is 27.4. The lowest BCUT2D eigenvalue weighted by Crippen LogP contribution is -2.04. The molecule has 0 aliphatic rings. The quantitative estimate of drug-likeness (QED) is 0.626. The third kappa shape index (κ3) is 2.45. The molecule has 0 saturated carbocycles. The van der Waals surface area contributed by atoms with Crippen molar-refractivity contribution in [1.29, 1.82) is 0 Å². The van der Waals surface area contributed by atoms with Crippen molar-refractivity contribution in [2.24, 2.45) is 9.74 Å². The van der Waals surface area contributed by atoms with Gasteiger partial charge in [0.25, 0.3) is 0 Å². The number of rotatable bonds is 3. The van der Waals surface area contributed by atoms with Crippen molar-refractivity contribution in [3.63, 3.8) is 0 Å². The highest BCUT2D eigenvalue weighted by atomic mass is 32.2. The van der Waals surface area contributed by atoms with E-state index in [1.165, 1.54) is 11.1 Å². The molecule has 0 radical (unpaired) electrons. The van der Waals surface area contributed by atoms with Gasteiger partial charge in [-0.2, -0.15) is 8.42 Å². The van der Waals surface area contributed by atoms with E-state index in [1.54, 1.807) is 44.6 Å². The maximum absolute atomic E-state index is 12.0. The van der Waals surface area contributed by atoms with Crippen LogP contribution in [0.5, 0.6) is 0 Å². The summed E-state index contributed by atoms with van der Waals surface area (Å²) in [4.78, 5) is 4.14. The molecule has 0 unspecified atom stereocenters. The molecule has 1 aromatic carbocycles. The fourth-order valence-corrected chi connectivity index (χ4v) is 2.45. The van der Waals surface area contributed by atoms with Crippen LogP contribution in [0.4, 0.5) is 0 Å². The van der Waals surface area contributed by atoms with Crippen LogP contribution >= 0.6 is 0 Å². The fraction of sp³-hybridized carbons (Fsp3) is 0.182. The highest BCUT2D eigenvalue weighted by molar-refractivity contribution is 7.90. The maximum atomic E-state index is 12.0. The molecule has 94 valence electrons. The summed E-state index contributed by atoms with van der Waals surface area (Å²) in [6, 6.07) is 8.47. The molecular formula is C11H12N4O2S. The van der Waals surface area contributed by atoms with Crippen molar-refractivity contribution in [2.45, 2.75) is 4.90 Å². The van der Waals surface area contributed by atoms with E-state index in [1.807, 2.05) is 0 Å². The predicted octanol–water partition coefficient (Wildman–Crippen LogP) is 1.85. The van der Waals surface area contributed by atoms with Crippen LogP contribution in [-0.4, -0.2) is 32.5 Å². The molecule has 0 bridgehead atoms. The standard InChI is InChI=1S/C11H12N4O2S/c1-15(2)13-14-18(16,17)10-7-3-5-9-6-4-8-12-11(9)10/h3-8H,1-2H3/b14-13+. The number of aromatic nitrogens is 1. The molecule has 2 rings (SSSR count). The molecule has 0 amide bonds. The number of hydrogen-bond donors (Lipinski definition) is 0. The van der Waals surface area contributed by atoms with Crippen LogP contribution < -0.4 is 0 Å². The third-order valence-electron chi connectivity index (χ3n) is 2.20.